The van der Waals surface area contributed by atoms with Crippen LogP contribution >= 0.6 is 0 Å². The summed E-state index contributed by atoms with van der Waals surface area (Å²) in [5.41, 5.74) is 11.9. The second-order valence-corrected chi connectivity index (χ2v) is 10.7. The van der Waals surface area contributed by atoms with Gasteiger partial charge in [0.2, 0.25) is 0 Å². The van der Waals surface area contributed by atoms with Crippen molar-refractivity contribution in [3.8, 4) is 0 Å². The maximum Gasteiger partial charge on any atom is 0.0541 e. The molecule has 196 valence electrons. The first-order valence-corrected chi connectivity index (χ1v) is 13.9. The maximum atomic E-state index is 2.37. The van der Waals surface area contributed by atoms with E-state index in [1.54, 1.807) is 0 Å². The summed E-state index contributed by atoms with van der Waals surface area (Å²) in [5.74, 6) is 0. The quantitative estimate of drug-likeness (QED) is 0.216. The lowest BCUT2D eigenvalue weighted by Gasteiger charge is -2.30. The van der Waals surface area contributed by atoms with E-state index in [-0.39, 0.29) is 0 Å². The molecule has 0 spiro atoms. The Hall–Kier alpha value is -4.82. The van der Waals surface area contributed by atoms with Crippen LogP contribution in [0.15, 0.2) is 133 Å². The summed E-state index contributed by atoms with van der Waals surface area (Å²) in [6.07, 6.45) is 0. The lowest BCUT2D eigenvalue weighted by atomic mass is 10.0. The van der Waals surface area contributed by atoms with E-state index in [1.807, 2.05) is 0 Å². The summed E-state index contributed by atoms with van der Waals surface area (Å²) in [4.78, 5) is 4.74. The van der Waals surface area contributed by atoms with E-state index in [4.69, 9.17) is 0 Å². The van der Waals surface area contributed by atoms with Gasteiger partial charge < -0.3 is 9.80 Å². The van der Waals surface area contributed by atoms with Crippen molar-refractivity contribution in [2.24, 2.45) is 0 Å². The van der Waals surface area contributed by atoms with Crippen molar-refractivity contribution in [1.82, 2.24) is 0 Å². The third-order valence-electron chi connectivity index (χ3n) is 7.53. The molecule has 0 aromatic heterocycles. The molecule has 0 heterocycles. The minimum Gasteiger partial charge on any atom is -0.310 e. The van der Waals surface area contributed by atoms with Crippen LogP contribution in [0.2, 0.25) is 0 Å². The number of anilines is 6. The molecule has 0 saturated carbocycles. The summed E-state index contributed by atoms with van der Waals surface area (Å²) in [5, 5.41) is 2.40. The summed E-state index contributed by atoms with van der Waals surface area (Å²) in [6.45, 7) is 8.54. The third-order valence-corrected chi connectivity index (χ3v) is 7.53. The van der Waals surface area contributed by atoms with Crippen molar-refractivity contribution in [3.63, 3.8) is 0 Å². The van der Waals surface area contributed by atoms with Crippen molar-refractivity contribution in [3.05, 3.63) is 156 Å². The van der Waals surface area contributed by atoms with E-state index in [9.17, 15) is 0 Å². The maximum absolute atomic E-state index is 2.37. The molecule has 40 heavy (non-hydrogen) atoms. The Morgan fingerprint density at radius 3 is 0.800 bits per heavy atom. The van der Waals surface area contributed by atoms with Crippen molar-refractivity contribution >= 4 is 44.9 Å². The van der Waals surface area contributed by atoms with Gasteiger partial charge in [0, 0.05) is 33.5 Å². The molecule has 0 N–H and O–H groups in total. The zero-order valence-corrected chi connectivity index (χ0v) is 23.6. The Morgan fingerprint density at radius 2 is 0.550 bits per heavy atom. The third kappa shape index (κ3) is 4.97. The first-order valence-electron chi connectivity index (χ1n) is 13.9. The standard InChI is InChI=1S/C38H34N2/c1-27-9-17-31(18-10-27)39(32-19-11-28(2)12-20-32)37-25-26-38(36-8-6-5-7-35(36)37)40(33-21-13-29(3)14-22-33)34-23-15-30(4)16-24-34/h5-26H,1-4H3. The van der Waals surface area contributed by atoms with Crippen LogP contribution in [0.4, 0.5) is 34.1 Å². The van der Waals surface area contributed by atoms with Crippen LogP contribution in [-0.2, 0) is 0 Å². The predicted molar refractivity (Wildman–Crippen MR) is 172 cm³/mol. The summed E-state index contributed by atoms with van der Waals surface area (Å²) in [7, 11) is 0. The molecule has 0 radical (unpaired) electrons. The highest BCUT2D eigenvalue weighted by molar-refractivity contribution is 6.07. The van der Waals surface area contributed by atoms with Crippen molar-refractivity contribution < 1.29 is 0 Å². The largest absolute Gasteiger partial charge is 0.310 e. The predicted octanol–water partition coefficient (Wildman–Crippen LogP) is 11.0. The molecule has 0 atom stereocenters. The average molecular weight is 519 g/mol. The average Bonchev–Trinajstić information content (AvgIpc) is 2.98. The molecule has 6 aromatic carbocycles. The molecule has 6 aromatic rings. The molecule has 0 amide bonds. The number of rotatable bonds is 6. The van der Waals surface area contributed by atoms with Gasteiger partial charge in [-0.25, -0.2) is 0 Å². The Kier molecular flexibility index (Phi) is 6.84. The van der Waals surface area contributed by atoms with Crippen LogP contribution < -0.4 is 9.80 Å². The van der Waals surface area contributed by atoms with Crippen molar-refractivity contribution in [2.75, 3.05) is 9.80 Å². The minimum absolute atomic E-state index is 1.14. The van der Waals surface area contributed by atoms with Crippen molar-refractivity contribution in [1.29, 1.82) is 0 Å². The molecule has 0 unspecified atom stereocenters. The number of benzene rings is 6. The topological polar surface area (TPSA) is 6.48 Å². The number of aryl methyl sites for hydroxylation is 4. The van der Waals surface area contributed by atoms with Gasteiger partial charge in [-0.15, -0.1) is 0 Å². The number of hydrogen-bond acceptors (Lipinski definition) is 2. The van der Waals surface area contributed by atoms with Gasteiger partial charge in [0.05, 0.1) is 11.4 Å². The van der Waals surface area contributed by atoms with Gasteiger partial charge in [-0.2, -0.15) is 0 Å². The van der Waals surface area contributed by atoms with Gasteiger partial charge in [0.1, 0.15) is 0 Å². The molecule has 0 aliphatic heterocycles. The van der Waals surface area contributed by atoms with Gasteiger partial charge in [0.15, 0.2) is 0 Å². The van der Waals surface area contributed by atoms with E-state index in [0.29, 0.717) is 0 Å². The lowest BCUT2D eigenvalue weighted by molar-refractivity contribution is 1.26. The van der Waals surface area contributed by atoms with Crippen LogP contribution in [0.25, 0.3) is 10.8 Å². The van der Waals surface area contributed by atoms with Crippen LogP contribution in [-0.4, -0.2) is 0 Å². The SMILES string of the molecule is Cc1ccc(N(c2ccc(C)cc2)c2ccc(N(c3ccc(C)cc3)c3ccc(C)cc3)c3ccccc23)cc1. The molecule has 0 bridgehead atoms. The molecular formula is C38H34N2. The summed E-state index contributed by atoms with van der Waals surface area (Å²) in [6, 6.07) is 48.5. The molecule has 0 fully saturated rings. The molecule has 0 aliphatic carbocycles. The highest BCUT2D eigenvalue weighted by atomic mass is 15.2. The van der Waals surface area contributed by atoms with Crippen LogP contribution in [0.5, 0.6) is 0 Å². The number of nitrogens with zero attached hydrogens (tertiary/aromatic N) is 2. The Morgan fingerprint density at radius 1 is 0.300 bits per heavy atom. The first kappa shape index (κ1) is 25.5. The van der Waals surface area contributed by atoms with E-state index >= 15 is 0 Å². The first-order chi connectivity index (χ1) is 19.5. The Labute approximate surface area is 237 Å². The summed E-state index contributed by atoms with van der Waals surface area (Å²) >= 11 is 0. The fourth-order valence-electron chi connectivity index (χ4n) is 5.29. The molecule has 0 saturated heterocycles. The van der Waals surface area contributed by atoms with Crippen LogP contribution in [0.3, 0.4) is 0 Å². The van der Waals surface area contributed by atoms with E-state index in [2.05, 4.69) is 171 Å². The highest BCUT2D eigenvalue weighted by Crippen LogP contribution is 2.45. The van der Waals surface area contributed by atoms with Crippen molar-refractivity contribution in [2.45, 2.75) is 27.7 Å². The van der Waals surface area contributed by atoms with Gasteiger partial charge in [-0.1, -0.05) is 95.1 Å². The molecule has 0 aliphatic rings. The minimum atomic E-state index is 1.14. The second kappa shape index (κ2) is 10.7. The van der Waals surface area contributed by atoms with Gasteiger partial charge in [-0.3, -0.25) is 0 Å². The van der Waals surface area contributed by atoms with Crippen LogP contribution in [0.1, 0.15) is 22.3 Å². The van der Waals surface area contributed by atoms with Gasteiger partial charge >= 0.3 is 0 Å². The molecular weight excluding hydrogens is 484 g/mol. The molecule has 2 heteroatoms. The normalized spacial score (nSPS) is 11.0. The fraction of sp³-hybridized carbons (Fsp3) is 0.105. The number of fused-ring (bicyclic) bond motifs is 1. The summed E-state index contributed by atoms with van der Waals surface area (Å²) < 4.78 is 0. The molecule has 6 rings (SSSR count). The number of hydrogen-bond donors (Lipinski definition) is 0. The fourth-order valence-corrected chi connectivity index (χ4v) is 5.29. The Balaban J connectivity index is 1.59. The van der Waals surface area contributed by atoms with Crippen LogP contribution in [0, 0.1) is 27.7 Å². The zero-order valence-electron chi connectivity index (χ0n) is 23.6. The Bertz CT molecular complexity index is 1520. The second-order valence-electron chi connectivity index (χ2n) is 10.7. The van der Waals surface area contributed by atoms with Gasteiger partial charge in [0.25, 0.3) is 0 Å². The van der Waals surface area contributed by atoms with E-state index < -0.39 is 0 Å². The smallest absolute Gasteiger partial charge is 0.0541 e. The van der Waals surface area contributed by atoms with Gasteiger partial charge in [-0.05, 0) is 88.4 Å². The lowest BCUT2D eigenvalue weighted by Crippen LogP contribution is -2.13. The monoisotopic (exact) mass is 518 g/mol. The van der Waals surface area contributed by atoms with E-state index in [1.165, 1.54) is 33.0 Å². The van der Waals surface area contributed by atoms with E-state index in [0.717, 1.165) is 34.1 Å². The highest BCUT2D eigenvalue weighted by Gasteiger charge is 2.20. The zero-order chi connectivity index (χ0) is 27.6. The molecule has 2 nitrogen and oxygen atoms in total.